The van der Waals surface area contributed by atoms with Crippen molar-refractivity contribution in [1.29, 1.82) is 0 Å². The summed E-state index contributed by atoms with van der Waals surface area (Å²) in [6.45, 7) is 8.02. The van der Waals surface area contributed by atoms with Crippen LogP contribution in [0.2, 0.25) is 5.15 Å². The van der Waals surface area contributed by atoms with Crippen molar-refractivity contribution in [2.45, 2.75) is 13.0 Å². The zero-order valence-corrected chi connectivity index (χ0v) is 16.9. The normalized spacial score (nSPS) is 18.7. The van der Waals surface area contributed by atoms with E-state index in [2.05, 4.69) is 16.6 Å². The van der Waals surface area contributed by atoms with Crippen molar-refractivity contribution >= 4 is 27.3 Å². The van der Waals surface area contributed by atoms with Crippen molar-refractivity contribution < 1.29 is 34.2 Å². The average molecular weight is 444 g/mol. The zero-order chi connectivity index (χ0) is 15.5. The van der Waals surface area contributed by atoms with Crippen LogP contribution < -0.4 is 4.72 Å². The van der Waals surface area contributed by atoms with Gasteiger partial charge in [0.05, 0.1) is 18.0 Å². The summed E-state index contributed by atoms with van der Waals surface area (Å²) in [5.41, 5.74) is 1.15. The number of morpholine rings is 1. The predicted octanol–water partition coefficient (Wildman–Crippen LogP) is 1.77. The number of sulfonamides is 1. The Hall–Kier alpha value is -0.202. The molecule has 0 amide bonds. The van der Waals surface area contributed by atoms with E-state index < -0.39 is 10.0 Å². The Balaban J connectivity index is 0.00000242. The first kappa shape index (κ1) is 22.8. The third-order valence-electron chi connectivity index (χ3n) is 3.14. The second-order valence-electron chi connectivity index (χ2n) is 5.07. The van der Waals surface area contributed by atoms with Gasteiger partial charge in [0.25, 0.3) is 0 Å². The van der Waals surface area contributed by atoms with E-state index in [1.165, 1.54) is 0 Å². The fourth-order valence-corrected chi connectivity index (χ4v) is 3.37. The first-order valence-corrected chi connectivity index (χ1v) is 8.68. The number of anilines is 1. The molecule has 0 spiro atoms. The number of aromatic nitrogens is 1. The van der Waals surface area contributed by atoms with E-state index in [9.17, 15) is 8.42 Å². The van der Waals surface area contributed by atoms with Gasteiger partial charge in [-0.1, -0.05) is 17.7 Å². The number of pyridine rings is 1. The maximum atomic E-state index is 12.1. The third-order valence-corrected chi connectivity index (χ3v) is 4.69. The van der Waals surface area contributed by atoms with Crippen molar-refractivity contribution in [3.05, 3.63) is 37.3 Å². The number of nitrogens with zero attached hydrogens (tertiary/aromatic N) is 2. The topological polar surface area (TPSA) is 71.5 Å². The Labute approximate surface area is 158 Å². The van der Waals surface area contributed by atoms with Crippen LogP contribution in [0.4, 0.5) is 5.69 Å². The number of hydrogen-bond acceptors (Lipinski definition) is 5. The molecule has 1 atom stereocenters. The van der Waals surface area contributed by atoms with Crippen molar-refractivity contribution in [2.24, 2.45) is 0 Å². The molecule has 1 aliphatic rings. The minimum Gasteiger partial charge on any atom is -0.408 e. The molecule has 1 aromatic heterocycles. The van der Waals surface area contributed by atoms with Gasteiger partial charge in [-0.05, 0) is 25.1 Å². The van der Waals surface area contributed by atoms with Gasteiger partial charge in [-0.2, -0.15) is 0 Å². The number of aryl methyl sites for hydroxylation is 1. The van der Waals surface area contributed by atoms with Gasteiger partial charge in [-0.3, -0.25) is 4.72 Å². The van der Waals surface area contributed by atoms with E-state index in [0.29, 0.717) is 31.9 Å². The Kier molecular flexibility index (Phi) is 9.85. The zero-order valence-electron chi connectivity index (χ0n) is 13.3. The van der Waals surface area contributed by atoms with E-state index in [1.54, 1.807) is 12.3 Å². The van der Waals surface area contributed by atoms with Gasteiger partial charge in [0.2, 0.25) is 10.0 Å². The Bertz CT molecular complexity index is 601. The van der Waals surface area contributed by atoms with Crippen LogP contribution in [0.3, 0.4) is 0 Å². The largest absolute Gasteiger partial charge is 2.00 e. The number of ether oxygens (including phenoxy) is 1. The van der Waals surface area contributed by atoms with E-state index in [1.807, 2.05) is 11.8 Å². The second kappa shape index (κ2) is 9.94. The van der Waals surface area contributed by atoms with Crippen LogP contribution in [-0.2, 0) is 35.8 Å². The number of halogens is 1. The molecule has 0 bridgehead atoms. The van der Waals surface area contributed by atoms with Gasteiger partial charge in [-0.25, -0.2) is 13.4 Å². The fourth-order valence-electron chi connectivity index (χ4n) is 2.08. The summed E-state index contributed by atoms with van der Waals surface area (Å²) in [5, 5.41) is 0.147. The summed E-state index contributed by atoms with van der Waals surface area (Å²) in [6, 6.07) is 1.66. The van der Waals surface area contributed by atoms with Crippen molar-refractivity contribution in [2.75, 3.05) is 36.7 Å². The smallest absolute Gasteiger partial charge is 0.408 e. The number of hydrogen-bond donors (Lipinski definition) is 1. The molecule has 0 aromatic carbocycles. The van der Waals surface area contributed by atoms with E-state index >= 15 is 0 Å². The Morgan fingerprint density at radius 1 is 1.57 bits per heavy atom. The summed E-state index contributed by atoms with van der Waals surface area (Å²) in [7, 11) is -3.47. The molecule has 0 radical (unpaired) electrons. The van der Waals surface area contributed by atoms with Crippen molar-refractivity contribution in [3.8, 4) is 0 Å². The van der Waals surface area contributed by atoms with Gasteiger partial charge in [0, 0.05) is 19.3 Å². The van der Waals surface area contributed by atoms with Gasteiger partial charge < -0.3 is 24.0 Å². The molecule has 130 valence electrons. The van der Waals surface area contributed by atoms with E-state index in [-0.39, 0.29) is 45.5 Å². The standard InChI is InChI=1S/C13H19ClN3O3S.CH3.Mo/c1-10-7-12(13(14)15-8-10)16-21(18,19)6-4-17-3-5-20-11(2)9-17;;/h7-8,11,16H,2-6,9H2,1H3;1H3;/q2*-1;+2. The van der Waals surface area contributed by atoms with E-state index in [0.717, 1.165) is 5.56 Å². The van der Waals surface area contributed by atoms with Gasteiger partial charge in [-0.15, -0.1) is 0 Å². The van der Waals surface area contributed by atoms with Gasteiger partial charge in [0.1, 0.15) is 0 Å². The van der Waals surface area contributed by atoms with Crippen LogP contribution in [0.1, 0.15) is 5.56 Å². The minimum atomic E-state index is -3.47. The second-order valence-corrected chi connectivity index (χ2v) is 7.27. The van der Waals surface area contributed by atoms with Crippen LogP contribution >= 0.6 is 11.6 Å². The molecule has 2 heterocycles. The molecule has 1 fully saturated rings. The Morgan fingerprint density at radius 3 is 2.91 bits per heavy atom. The first-order valence-electron chi connectivity index (χ1n) is 6.65. The number of rotatable bonds is 5. The van der Waals surface area contributed by atoms with E-state index in [4.69, 9.17) is 16.3 Å². The summed E-state index contributed by atoms with van der Waals surface area (Å²) in [4.78, 5) is 5.95. The molecular formula is C14H22ClMoN3O3S. The van der Waals surface area contributed by atoms with Crippen LogP contribution in [0.15, 0.2) is 12.3 Å². The van der Waals surface area contributed by atoms with Crippen molar-refractivity contribution in [3.63, 3.8) is 0 Å². The molecule has 1 aliphatic heterocycles. The van der Waals surface area contributed by atoms with Crippen LogP contribution in [0, 0.1) is 21.3 Å². The SMILES string of the molecule is [CH2-]C1CN(CCS(=O)(=O)Nc2cc(C)cnc2Cl)CCO1.[CH3-].[Mo+2]. The van der Waals surface area contributed by atoms with Gasteiger partial charge in [0.15, 0.2) is 5.15 Å². The molecule has 9 heteroatoms. The fraction of sp³-hybridized carbons (Fsp3) is 0.500. The minimum absolute atomic E-state index is 0. The monoisotopic (exact) mass is 445 g/mol. The quantitative estimate of drug-likeness (QED) is 0.427. The molecule has 1 saturated heterocycles. The predicted molar refractivity (Wildman–Crippen MR) is 89.3 cm³/mol. The maximum Gasteiger partial charge on any atom is 2.00 e. The number of nitrogens with one attached hydrogen (secondary N) is 1. The molecular weight excluding hydrogens is 422 g/mol. The molecule has 2 rings (SSSR count). The summed E-state index contributed by atoms with van der Waals surface area (Å²) in [5.74, 6) is -0.00993. The molecule has 0 saturated carbocycles. The molecule has 1 unspecified atom stereocenters. The average Bonchev–Trinajstić information content (AvgIpc) is 2.41. The maximum absolute atomic E-state index is 12.1. The Morgan fingerprint density at radius 2 is 2.26 bits per heavy atom. The summed E-state index contributed by atoms with van der Waals surface area (Å²) < 4.78 is 32.0. The molecule has 6 nitrogen and oxygen atoms in total. The first-order chi connectivity index (χ1) is 9.85. The van der Waals surface area contributed by atoms with Gasteiger partial charge >= 0.3 is 21.1 Å². The molecule has 1 N–H and O–H groups in total. The van der Waals surface area contributed by atoms with Crippen LogP contribution in [0.25, 0.3) is 0 Å². The molecule has 0 aliphatic carbocycles. The van der Waals surface area contributed by atoms with Crippen LogP contribution in [-0.4, -0.2) is 56.4 Å². The van der Waals surface area contributed by atoms with Crippen LogP contribution in [0.5, 0.6) is 0 Å². The molecule has 1 aromatic rings. The summed E-state index contributed by atoms with van der Waals surface area (Å²) >= 11 is 5.90. The molecule has 23 heavy (non-hydrogen) atoms. The van der Waals surface area contributed by atoms with Crippen molar-refractivity contribution in [1.82, 2.24) is 9.88 Å². The third kappa shape index (κ3) is 7.48. The summed E-state index contributed by atoms with van der Waals surface area (Å²) in [6.07, 6.45) is 1.48.